The fourth-order valence-corrected chi connectivity index (χ4v) is 6.02. The van der Waals surface area contributed by atoms with Gasteiger partial charge in [-0.1, -0.05) is 5.16 Å². The largest absolute Gasteiger partial charge is 0.361 e. The van der Waals surface area contributed by atoms with Crippen LogP contribution in [0.15, 0.2) is 47.2 Å². The van der Waals surface area contributed by atoms with Gasteiger partial charge in [0.05, 0.1) is 17.4 Å². The number of H-pyrrole nitrogens is 1. The molecule has 176 valence electrons. The van der Waals surface area contributed by atoms with Crippen LogP contribution in [-0.2, 0) is 5.41 Å². The lowest BCUT2D eigenvalue weighted by Crippen LogP contribution is -2.32. The number of fused-ring (bicyclic) bond motifs is 3. The zero-order chi connectivity index (χ0) is 23.7. The standard InChI is InChI=1S/C25H23FN8O/c1-13-8-20(33-35-13)25(12-27)17-5-7-34(11-18(17)25)21-10-29-23-22(31-32-24(23)30-21)16-4-6-28-19-9-14(26)2-3-15(16)19/h2-4,6,8-10,17-18H,5,7,11-12,27H2,1H3,(H,30,31,32)/t17-,18+,25+/m1/s1. The average molecular weight is 471 g/mol. The quantitative estimate of drug-likeness (QED) is 0.410. The minimum atomic E-state index is -0.324. The highest BCUT2D eigenvalue weighted by Crippen LogP contribution is 2.62. The van der Waals surface area contributed by atoms with E-state index in [4.69, 9.17) is 20.2 Å². The maximum absolute atomic E-state index is 13.7. The van der Waals surface area contributed by atoms with Gasteiger partial charge in [0.1, 0.15) is 28.6 Å². The lowest BCUT2D eigenvalue weighted by molar-refractivity contribution is 0.379. The highest BCUT2D eigenvalue weighted by Gasteiger charge is 2.67. The minimum absolute atomic E-state index is 0.118. The van der Waals surface area contributed by atoms with Crippen molar-refractivity contribution in [2.45, 2.75) is 18.8 Å². The molecule has 2 fully saturated rings. The number of aromatic nitrogens is 6. The molecule has 0 radical (unpaired) electrons. The number of rotatable bonds is 4. The van der Waals surface area contributed by atoms with Gasteiger partial charge in [0.2, 0.25) is 0 Å². The molecule has 10 heteroatoms. The van der Waals surface area contributed by atoms with Crippen LogP contribution in [0, 0.1) is 24.6 Å². The maximum atomic E-state index is 13.7. The molecule has 0 bridgehead atoms. The van der Waals surface area contributed by atoms with Crippen LogP contribution in [0.2, 0.25) is 0 Å². The first-order valence-corrected chi connectivity index (χ1v) is 11.7. The second kappa shape index (κ2) is 7.29. The van der Waals surface area contributed by atoms with Gasteiger partial charge in [-0.2, -0.15) is 5.10 Å². The van der Waals surface area contributed by atoms with Crippen LogP contribution in [0.5, 0.6) is 0 Å². The van der Waals surface area contributed by atoms with E-state index in [-0.39, 0.29) is 11.2 Å². The molecule has 2 aliphatic rings. The third-order valence-corrected chi connectivity index (χ3v) is 7.81. The summed E-state index contributed by atoms with van der Waals surface area (Å²) >= 11 is 0. The Hall–Kier alpha value is -3.92. The van der Waals surface area contributed by atoms with Crippen LogP contribution in [0.3, 0.4) is 0 Å². The molecule has 1 saturated heterocycles. The van der Waals surface area contributed by atoms with E-state index in [0.717, 1.165) is 47.7 Å². The number of pyridine rings is 1. The Morgan fingerprint density at radius 1 is 1.23 bits per heavy atom. The maximum Gasteiger partial charge on any atom is 0.177 e. The Kier molecular flexibility index (Phi) is 4.26. The summed E-state index contributed by atoms with van der Waals surface area (Å²) in [6.45, 7) is 4.19. The third-order valence-electron chi connectivity index (χ3n) is 7.81. The smallest absolute Gasteiger partial charge is 0.177 e. The van der Waals surface area contributed by atoms with Gasteiger partial charge < -0.3 is 15.2 Å². The zero-order valence-electron chi connectivity index (χ0n) is 19.1. The Bertz CT molecular complexity index is 1600. The topological polar surface area (TPSA) is 123 Å². The predicted molar refractivity (Wildman–Crippen MR) is 128 cm³/mol. The van der Waals surface area contributed by atoms with Gasteiger partial charge in [-0.15, -0.1) is 0 Å². The molecule has 1 saturated carbocycles. The van der Waals surface area contributed by atoms with Gasteiger partial charge in [-0.3, -0.25) is 10.1 Å². The first kappa shape index (κ1) is 20.5. The van der Waals surface area contributed by atoms with Gasteiger partial charge in [0.15, 0.2) is 5.65 Å². The first-order chi connectivity index (χ1) is 17.1. The molecule has 3 N–H and O–H groups in total. The molecule has 4 aromatic heterocycles. The molecule has 5 heterocycles. The van der Waals surface area contributed by atoms with E-state index in [0.29, 0.717) is 40.8 Å². The molecule has 0 spiro atoms. The number of nitrogens with zero attached hydrogens (tertiary/aromatic N) is 6. The summed E-state index contributed by atoms with van der Waals surface area (Å²) in [4.78, 5) is 16.1. The molecule has 1 aromatic carbocycles. The second-order valence-corrected chi connectivity index (χ2v) is 9.53. The fraction of sp³-hybridized carbons (Fsp3) is 0.320. The molecule has 9 nitrogen and oxygen atoms in total. The predicted octanol–water partition coefficient (Wildman–Crippen LogP) is 3.36. The number of benzene rings is 1. The number of hydrogen-bond acceptors (Lipinski definition) is 8. The van der Waals surface area contributed by atoms with Crippen LogP contribution in [0.1, 0.15) is 17.9 Å². The molecule has 1 aliphatic carbocycles. The summed E-state index contributed by atoms with van der Waals surface area (Å²) in [5.41, 5.74) is 10.5. The molecule has 35 heavy (non-hydrogen) atoms. The van der Waals surface area contributed by atoms with E-state index in [9.17, 15) is 4.39 Å². The Morgan fingerprint density at radius 3 is 2.97 bits per heavy atom. The van der Waals surface area contributed by atoms with Crippen LogP contribution < -0.4 is 10.6 Å². The summed E-state index contributed by atoms with van der Waals surface area (Å²) < 4.78 is 19.0. The minimum Gasteiger partial charge on any atom is -0.361 e. The number of piperidine rings is 1. The monoisotopic (exact) mass is 470 g/mol. The van der Waals surface area contributed by atoms with Crippen LogP contribution in [0.4, 0.5) is 10.2 Å². The average Bonchev–Trinajstić information content (AvgIpc) is 3.12. The number of nitrogens with one attached hydrogen (secondary N) is 1. The number of hydrogen-bond donors (Lipinski definition) is 2. The highest BCUT2D eigenvalue weighted by molar-refractivity contribution is 6.00. The van der Waals surface area contributed by atoms with Gasteiger partial charge in [0, 0.05) is 54.3 Å². The van der Waals surface area contributed by atoms with Gasteiger partial charge in [-0.25, -0.2) is 14.4 Å². The molecular weight excluding hydrogens is 447 g/mol. The number of anilines is 1. The molecule has 3 atom stereocenters. The Balaban J connectivity index is 1.20. The Morgan fingerprint density at radius 2 is 2.14 bits per heavy atom. The van der Waals surface area contributed by atoms with Crippen molar-refractivity contribution in [3.05, 3.63) is 60.0 Å². The summed E-state index contributed by atoms with van der Waals surface area (Å²) in [6.07, 6.45) is 4.47. The van der Waals surface area contributed by atoms with E-state index < -0.39 is 0 Å². The molecule has 1 aliphatic heterocycles. The zero-order valence-corrected chi connectivity index (χ0v) is 19.1. The second-order valence-electron chi connectivity index (χ2n) is 9.53. The van der Waals surface area contributed by atoms with E-state index in [2.05, 4.69) is 25.2 Å². The lowest BCUT2D eigenvalue weighted by atomic mass is 9.97. The van der Waals surface area contributed by atoms with Gasteiger partial charge in [0.25, 0.3) is 0 Å². The fourth-order valence-electron chi connectivity index (χ4n) is 6.02. The van der Waals surface area contributed by atoms with Crippen LogP contribution in [0.25, 0.3) is 33.3 Å². The number of aryl methyl sites for hydroxylation is 1. The summed E-state index contributed by atoms with van der Waals surface area (Å²) in [6, 6.07) is 8.44. The van der Waals surface area contributed by atoms with Gasteiger partial charge in [-0.05, 0) is 43.4 Å². The first-order valence-electron chi connectivity index (χ1n) is 11.7. The molecule has 7 rings (SSSR count). The summed E-state index contributed by atoms with van der Waals surface area (Å²) in [5, 5.41) is 12.6. The number of nitrogens with two attached hydrogens (primary N) is 1. The van der Waals surface area contributed by atoms with Crippen molar-refractivity contribution in [3.63, 3.8) is 0 Å². The van der Waals surface area contributed by atoms with E-state index in [1.807, 2.05) is 19.1 Å². The van der Waals surface area contributed by atoms with Crippen molar-refractivity contribution in [2.24, 2.45) is 17.6 Å². The molecule has 0 amide bonds. The summed E-state index contributed by atoms with van der Waals surface area (Å²) in [7, 11) is 0. The van der Waals surface area contributed by atoms with Crippen molar-refractivity contribution < 1.29 is 8.91 Å². The van der Waals surface area contributed by atoms with Crippen LogP contribution in [-0.4, -0.2) is 49.9 Å². The van der Waals surface area contributed by atoms with Crippen LogP contribution >= 0.6 is 0 Å². The van der Waals surface area contributed by atoms with Gasteiger partial charge >= 0.3 is 0 Å². The summed E-state index contributed by atoms with van der Waals surface area (Å²) in [5.74, 6) is 2.21. The SMILES string of the molecule is Cc1cc([C@@]2(CN)[C@@H]3CCN(c4cnc5c(-c6ccnc7cc(F)ccc67)n[nH]c5n4)C[C@@H]32)no1. The van der Waals surface area contributed by atoms with E-state index >= 15 is 0 Å². The molecule has 0 unspecified atom stereocenters. The number of halogens is 1. The molecular formula is C25H23FN8O. The van der Waals surface area contributed by atoms with Crippen molar-refractivity contribution >= 4 is 27.9 Å². The van der Waals surface area contributed by atoms with E-state index in [1.54, 1.807) is 18.5 Å². The highest BCUT2D eigenvalue weighted by atomic mass is 19.1. The normalized spacial score (nSPS) is 23.7. The third kappa shape index (κ3) is 2.92. The Labute approximate surface area is 199 Å². The number of aromatic amines is 1. The van der Waals surface area contributed by atoms with Crippen molar-refractivity contribution in [2.75, 3.05) is 24.5 Å². The van der Waals surface area contributed by atoms with Crippen molar-refractivity contribution in [3.8, 4) is 11.3 Å². The van der Waals surface area contributed by atoms with E-state index in [1.165, 1.54) is 12.1 Å². The van der Waals surface area contributed by atoms with Crippen molar-refractivity contribution in [1.29, 1.82) is 0 Å². The molecule has 5 aromatic rings. The lowest BCUT2D eigenvalue weighted by Gasteiger charge is -2.26. The van der Waals surface area contributed by atoms with Crippen molar-refractivity contribution in [1.82, 2.24) is 30.3 Å².